The topological polar surface area (TPSA) is 88.8 Å². The van der Waals surface area contributed by atoms with Crippen LogP contribution in [-0.4, -0.2) is 30.1 Å². The van der Waals surface area contributed by atoms with Gasteiger partial charge in [0.15, 0.2) is 5.78 Å². The van der Waals surface area contributed by atoms with E-state index >= 15 is 0 Å². The summed E-state index contributed by atoms with van der Waals surface area (Å²) in [5, 5.41) is 14.1. The van der Waals surface area contributed by atoms with Crippen LogP contribution in [0.3, 0.4) is 0 Å². The Balaban J connectivity index is 1.58. The summed E-state index contributed by atoms with van der Waals surface area (Å²) in [6.45, 7) is 5.51. The number of fused-ring (bicyclic) bond motifs is 1. The van der Waals surface area contributed by atoms with E-state index in [9.17, 15) is 14.7 Å². The summed E-state index contributed by atoms with van der Waals surface area (Å²) in [5.74, 6) is 0.528. The van der Waals surface area contributed by atoms with E-state index in [-0.39, 0.29) is 18.0 Å². The Labute approximate surface area is 162 Å². The fourth-order valence-electron chi connectivity index (χ4n) is 2.83. The minimum absolute atomic E-state index is 0.0107. The largest absolute Gasteiger partial charge is 0.491 e. The first-order chi connectivity index (χ1) is 13.3. The van der Waals surface area contributed by atoms with Gasteiger partial charge in [-0.2, -0.15) is 0 Å². The molecule has 146 valence electrons. The second-order valence-corrected chi connectivity index (χ2v) is 6.78. The maximum Gasteiger partial charge on any atom is 0.339 e. The van der Waals surface area contributed by atoms with E-state index < -0.39 is 6.10 Å². The Morgan fingerprint density at radius 2 is 1.86 bits per heavy atom. The predicted octanol–water partition coefficient (Wildman–Crippen LogP) is 3.46. The van der Waals surface area contributed by atoms with Gasteiger partial charge in [0, 0.05) is 34.8 Å². The van der Waals surface area contributed by atoms with Crippen LogP contribution < -0.4 is 15.7 Å². The second kappa shape index (κ2) is 8.27. The number of anilines is 1. The number of Topliss-reactive ketones (excluding diaryl/α,β-unsaturated/α-hetero) is 1. The van der Waals surface area contributed by atoms with Crippen LogP contribution in [0.5, 0.6) is 5.75 Å². The molecule has 0 radical (unpaired) electrons. The van der Waals surface area contributed by atoms with Gasteiger partial charge in [-0.1, -0.05) is 0 Å². The van der Waals surface area contributed by atoms with E-state index in [1.807, 2.05) is 13.0 Å². The lowest BCUT2D eigenvalue weighted by atomic mass is 10.1. The van der Waals surface area contributed by atoms with Crippen molar-refractivity contribution < 1.29 is 19.1 Å². The maximum atomic E-state index is 11.8. The van der Waals surface area contributed by atoms with Crippen LogP contribution in [-0.2, 0) is 0 Å². The minimum atomic E-state index is -0.741. The van der Waals surface area contributed by atoms with Crippen molar-refractivity contribution >= 4 is 22.4 Å². The molecule has 2 aromatic carbocycles. The van der Waals surface area contributed by atoms with E-state index in [2.05, 4.69) is 5.32 Å². The summed E-state index contributed by atoms with van der Waals surface area (Å²) in [4.78, 5) is 23.1. The highest BCUT2D eigenvalue weighted by Crippen LogP contribution is 2.24. The predicted molar refractivity (Wildman–Crippen MR) is 108 cm³/mol. The molecule has 3 aromatic rings. The van der Waals surface area contributed by atoms with E-state index in [4.69, 9.17) is 9.15 Å². The van der Waals surface area contributed by atoms with Crippen molar-refractivity contribution in [3.63, 3.8) is 0 Å². The number of carbonyl (C=O) groups excluding carboxylic acids is 1. The maximum absolute atomic E-state index is 11.8. The first kappa shape index (κ1) is 19.6. The molecule has 6 heteroatoms. The van der Waals surface area contributed by atoms with Crippen LogP contribution in [0, 0.1) is 13.8 Å². The number of benzene rings is 2. The van der Waals surface area contributed by atoms with E-state index in [0.29, 0.717) is 29.0 Å². The zero-order chi connectivity index (χ0) is 20.3. The summed E-state index contributed by atoms with van der Waals surface area (Å²) < 4.78 is 10.9. The third-order valence-electron chi connectivity index (χ3n) is 4.70. The SMILES string of the molecule is CC(=O)c1ccc(NC[C@@H](O)COc2ccc3c(C)c(C)c(=O)oc3c2)cc1. The Morgan fingerprint density at radius 3 is 2.54 bits per heavy atom. The Hall–Kier alpha value is -3.12. The average molecular weight is 381 g/mol. The Kier molecular flexibility index (Phi) is 5.80. The van der Waals surface area contributed by atoms with Crippen LogP contribution in [0.25, 0.3) is 11.0 Å². The van der Waals surface area contributed by atoms with Gasteiger partial charge in [0.25, 0.3) is 0 Å². The van der Waals surface area contributed by atoms with Gasteiger partial charge in [-0.05, 0) is 62.7 Å². The molecule has 0 aliphatic carbocycles. The fraction of sp³-hybridized carbons (Fsp3) is 0.273. The smallest absolute Gasteiger partial charge is 0.339 e. The van der Waals surface area contributed by atoms with Gasteiger partial charge in [-0.25, -0.2) is 4.79 Å². The van der Waals surface area contributed by atoms with E-state index in [1.165, 1.54) is 6.92 Å². The molecule has 0 fully saturated rings. The first-order valence-electron chi connectivity index (χ1n) is 9.05. The number of hydrogen-bond acceptors (Lipinski definition) is 6. The third-order valence-corrected chi connectivity index (χ3v) is 4.70. The van der Waals surface area contributed by atoms with Crippen LogP contribution in [0.15, 0.2) is 51.7 Å². The highest BCUT2D eigenvalue weighted by atomic mass is 16.5. The first-order valence-corrected chi connectivity index (χ1v) is 9.05. The lowest BCUT2D eigenvalue weighted by Crippen LogP contribution is -2.26. The standard InChI is InChI=1S/C22H23NO5/c1-13-14(2)22(26)28-21-10-19(8-9-20(13)21)27-12-18(25)11-23-17-6-4-16(5-7-17)15(3)24/h4-10,18,23,25H,11-12H2,1-3H3/t18-/m1/s1. The van der Waals surface area contributed by atoms with Gasteiger partial charge in [0.1, 0.15) is 24.0 Å². The van der Waals surface area contributed by atoms with Gasteiger partial charge < -0.3 is 19.6 Å². The summed E-state index contributed by atoms with van der Waals surface area (Å²) in [5.41, 5.74) is 3.04. The molecular weight excluding hydrogens is 358 g/mol. The molecule has 6 nitrogen and oxygen atoms in total. The highest BCUT2D eigenvalue weighted by molar-refractivity contribution is 5.94. The number of nitrogens with one attached hydrogen (secondary N) is 1. The second-order valence-electron chi connectivity index (χ2n) is 6.78. The van der Waals surface area contributed by atoms with Gasteiger partial charge in [0.2, 0.25) is 0 Å². The molecule has 0 saturated carbocycles. The number of aryl methyl sites for hydroxylation is 1. The third kappa shape index (κ3) is 4.40. The molecule has 1 aromatic heterocycles. The number of ketones is 1. The molecule has 0 aliphatic rings. The number of rotatable bonds is 7. The van der Waals surface area contributed by atoms with Crippen molar-refractivity contribution in [2.24, 2.45) is 0 Å². The van der Waals surface area contributed by atoms with Crippen molar-refractivity contribution in [3.05, 3.63) is 69.6 Å². The molecule has 0 amide bonds. The molecule has 0 spiro atoms. The fourth-order valence-corrected chi connectivity index (χ4v) is 2.83. The van der Waals surface area contributed by atoms with Gasteiger partial charge in [-0.15, -0.1) is 0 Å². The number of carbonyl (C=O) groups is 1. The zero-order valence-electron chi connectivity index (χ0n) is 16.1. The van der Waals surface area contributed by atoms with E-state index in [0.717, 1.165) is 16.6 Å². The van der Waals surface area contributed by atoms with Gasteiger partial charge >= 0.3 is 5.63 Å². The van der Waals surface area contributed by atoms with Crippen LogP contribution in [0.1, 0.15) is 28.4 Å². The summed E-state index contributed by atoms with van der Waals surface area (Å²) >= 11 is 0. The van der Waals surface area contributed by atoms with Crippen molar-refractivity contribution in [1.82, 2.24) is 0 Å². The zero-order valence-corrected chi connectivity index (χ0v) is 16.1. The summed E-state index contributed by atoms with van der Waals surface area (Å²) in [6.07, 6.45) is -0.741. The molecule has 3 rings (SSSR count). The normalized spacial score (nSPS) is 12.0. The van der Waals surface area contributed by atoms with Crippen LogP contribution >= 0.6 is 0 Å². The molecule has 1 heterocycles. The Bertz CT molecular complexity index is 1050. The number of aliphatic hydroxyl groups excluding tert-OH is 1. The van der Waals surface area contributed by atoms with E-state index in [1.54, 1.807) is 43.3 Å². The molecule has 0 saturated heterocycles. The number of ether oxygens (including phenoxy) is 1. The number of hydrogen-bond donors (Lipinski definition) is 2. The van der Waals surface area contributed by atoms with Crippen molar-refractivity contribution in [2.75, 3.05) is 18.5 Å². The van der Waals surface area contributed by atoms with Crippen molar-refractivity contribution in [2.45, 2.75) is 26.9 Å². The minimum Gasteiger partial charge on any atom is -0.491 e. The van der Waals surface area contributed by atoms with Gasteiger partial charge in [-0.3, -0.25) is 4.79 Å². The van der Waals surface area contributed by atoms with Crippen LogP contribution in [0.4, 0.5) is 5.69 Å². The molecule has 0 bridgehead atoms. The monoisotopic (exact) mass is 381 g/mol. The molecule has 0 aliphatic heterocycles. The van der Waals surface area contributed by atoms with Crippen molar-refractivity contribution in [3.8, 4) is 5.75 Å². The molecule has 0 unspecified atom stereocenters. The molecule has 2 N–H and O–H groups in total. The van der Waals surface area contributed by atoms with Gasteiger partial charge in [0.05, 0.1) is 0 Å². The highest BCUT2D eigenvalue weighted by Gasteiger charge is 2.10. The lowest BCUT2D eigenvalue weighted by molar-refractivity contribution is 0.101. The van der Waals surface area contributed by atoms with Crippen LogP contribution in [0.2, 0.25) is 0 Å². The summed E-state index contributed by atoms with van der Waals surface area (Å²) in [7, 11) is 0. The summed E-state index contributed by atoms with van der Waals surface area (Å²) in [6, 6.07) is 12.3. The Morgan fingerprint density at radius 1 is 1.14 bits per heavy atom. The van der Waals surface area contributed by atoms with Crippen molar-refractivity contribution in [1.29, 1.82) is 0 Å². The molecule has 28 heavy (non-hydrogen) atoms. The average Bonchev–Trinajstić information content (AvgIpc) is 2.69. The lowest BCUT2D eigenvalue weighted by Gasteiger charge is -2.14. The quantitative estimate of drug-likeness (QED) is 0.481. The number of aliphatic hydroxyl groups is 1. The molecule has 1 atom stereocenters. The molecular formula is C22H23NO5.